The third-order valence-corrected chi connectivity index (χ3v) is 2.29. The number of methoxy groups -OCH3 is 1. The summed E-state index contributed by atoms with van der Waals surface area (Å²) in [4.78, 5) is 33.6. The Hall–Kier alpha value is -1.43. The number of ether oxygens (including phenoxy) is 1. The minimum Gasteiger partial charge on any atom is -0.469 e. The van der Waals surface area contributed by atoms with Gasteiger partial charge in [0.15, 0.2) is 5.78 Å². The van der Waals surface area contributed by atoms with E-state index in [1.165, 1.54) is 14.0 Å². The van der Waals surface area contributed by atoms with Gasteiger partial charge < -0.3 is 15.2 Å². The Balaban J connectivity index is 4.41. The fraction of sp³-hybridized carbons (Fsp3) is 0.727. The molecule has 98 valence electrons. The van der Waals surface area contributed by atoms with Gasteiger partial charge in [0, 0.05) is 0 Å². The summed E-state index contributed by atoms with van der Waals surface area (Å²) in [6.45, 7) is 4.91. The molecule has 2 N–H and O–H groups in total. The summed E-state index contributed by atoms with van der Waals surface area (Å²) in [5.41, 5.74) is 0. The zero-order valence-corrected chi connectivity index (χ0v) is 10.5. The maximum atomic E-state index is 11.5. The second-order valence-corrected chi connectivity index (χ2v) is 4.14. The first-order valence-electron chi connectivity index (χ1n) is 5.35. The number of aliphatic hydroxyl groups is 1. The number of carbonyl (C=O) groups is 3. The van der Waals surface area contributed by atoms with Gasteiger partial charge in [0.05, 0.1) is 19.6 Å². The summed E-state index contributed by atoms with van der Waals surface area (Å²) in [6, 6.07) is -0.658. The topological polar surface area (TPSA) is 92.7 Å². The lowest BCUT2D eigenvalue weighted by Crippen LogP contribution is -2.47. The molecule has 0 aliphatic heterocycles. The molecule has 0 rings (SSSR count). The van der Waals surface area contributed by atoms with Gasteiger partial charge in [-0.2, -0.15) is 0 Å². The summed E-state index contributed by atoms with van der Waals surface area (Å²) < 4.78 is 4.33. The maximum absolute atomic E-state index is 11.5. The van der Waals surface area contributed by atoms with Crippen molar-refractivity contribution in [1.82, 2.24) is 5.32 Å². The van der Waals surface area contributed by atoms with Gasteiger partial charge in [0.25, 0.3) is 0 Å². The van der Waals surface area contributed by atoms with Gasteiger partial charge in [0.2, 0.25) is 5.91 Å². The quantitative estimate of drug-likeness (QED) is 0.623. The number of hydrogen-bond donors (Lipinski definition) is 2. The Kier molecular flexibility index (Phi) is 6.42. The predicted octanol–water partition coefficient (Wildman–Crippen LogP) is -0.360. The monoisotopic (exact) mass is 245 g/mol. The van der Waals surface area contributed by atoms with Crippen LogP contribution in [0.3, 0.4) is 0 Å². The molecule has 1 amide bonds. The third-order valence-electron chi connectivity index (χ3n) is 2.29. The van der Waals surface area contributed by atoms with Crippen LogP contribution in [0.25, 0.3) is 0 Å². The second kappa shape index (κ2) is 7.01. The molecule has 0 aromatic rings. The molecule has 0 aliphatic carbocycles. The van der Waals surface area contributed by atoms with E-state index >= 15 is 0 Å². The number of aliphatic hydroxyl groups excluding tert-OH is 1. The highest BCUT2D eigenvalue weighted by molar-refractivity contribution is 5.91. The van der Waals surface area contributed by atoms with Crippen LogP contribution in [-0.4, -0.2) is 42.0 Å². The van der Waals surface area contributed by atoms with Crippen molar-refractivity contribution in [2.24, 2.45) is 5.92 Å². The van der Waals surface area contributed by atoms with Crippen molar-refractivity contribution in [1.29, 1.82) is 0 Å². The van der Waals surface area contributed by atoms with E-state index in [2.05, 4.69) is 10.1 Å². The first-order valence-corrected chi connectivity index (χ1v) is 5.35. The maximum Gasteiger partial charge on any atom is 0.308 e. The van der Waals surface area contributed by atoms with Gasteiger partial charge in [-0.25, -0.2) is 0 Å². The van der Waals surface area contributed by atoms with Gasteiger partial charge in [-0.3, -0.25) is 14.4 Å². The number of ketones is 1. The van der Waals surface area contributed by atoms with Crippen LogP contribution in [0.15, 0.2) is 0 Å². The van der Waals surface area contributed by atoms with Gasteiger partial charge in [-0.15, -0.1) is 0 Å². The lowest BCUT2D eigenvalue weighted by Gasteiger charge is -2.21. The SMILES string of the molecule is COC(=O)CC(O)C(=O)NC(C(C)=O)C(C)C. The average molecular weight is 245 g/mol. The third kappa shape index (κ3) is 5.44. The van der Waals surface area contributed by atoms with Gasteiger partial charge in [-0.1, -0.05) is 13.8 Å². The summed E-state index contributed by atoms with van der Waals surface area (Å²) in [6.07, 6.45) is -1.92. The van der Waals surface area contributed by atoms with Crippen LogP contribution in [0.2, 0.25) is 0 Å². The molecular weight excluding hydrogens is 226 g/mol. The van der Waals surface area contributed by atoms with Crippen molar-refractivity contribution in [2.45, 2.75) is 39.3 Å². The number of amides is 1. The molecule has 0 aromatic heterocycles. The van der Waals surface area contributed by atoms with Crippen molar-refractivity contribution in [3.05, 3.63) is 0 Å². The molecule has 6 nitrogen and oxygen atoms in total. The fourth-order valence-corrected chi connectivity index (χ4v) is 1.32. The van der Waals surface area contributed by atoms with E-state index in [0.29, 0.717) is 0 Å². The van der Waals surface area contributed by atoms with Crippen molar-refractivity contribution in [3.8, 4) is 0 Å². The first kappa shape index (κ1) is 15.6. The zero-order valence-electron chi connectivity index (χ0n) is 10.5. The van der Waals surface area contributed by atoms with Gasteiger partial charge in [0.1, 0.15) is 6.10 Å². The molecule has 0 radical (unpaired) electrons. The van der Waals surface area contributed by atoms with Crippen LogP contribution in [0.5, 0.6) is 0 Å². The molecule has 2 atom stereocenters. The highest BCUT2D eigenvalue weighted by Gasteiger charge is 2.25. The van der Waals surface area contributed by atoms with E-state index in [4.69, 9.17) is 0 Å². The number of hydrogen-bond acceptors (Lipinski definition) is 5. The number of nitrogens with one attached hydrogen (secondary N) is 1. The molecule has 0 bridgehead atoms. The lowest BCUT2D eigenvalue weighted by atomic mass is 10.0. The van der Waals surface area contributed by atoms with E-state index in [1.54, 1.807) is 13.8 Å². The molecule has 0 saturated heterocycles. The number of Topliss-reactive ketones (excluding diaryl/α,β-unsaturated/α-hetero) is 1. The smallest absolute Gasteiger partial charge is 0.308 e. The average Bonchev–Trinajstić information content (AvgIpc) is 2.23. The van der Waals surface area contributed by atoms with Crippen LogP contribution in [-0.2, 0) is 19.1 Å². The van der Waals surface area contributed by atoms with Gasteiger partial charge >= 0.3 is 5.97 Å². The molecule has 0 spiro atoms. The molecule has 0 saturated carbocycles. The molecule has 0 aromatic carbocycles. The molecule has 2 unspecified atom stereocenters. The lowest BCUT2D eigenvalue weighted by molar-refractivity contribution is -0.147. The minimum absolute atomic E-state index is 0.0817. The Morgan fingerprint density at radius 1 is 1.29 bits per heavy atom. The van der Waals surface area contributed by atoms with E-state index in [0.717, 1.165) is 0 Å². The van der Waals surface area contributed by atoms with Gasteiger partial charge in [-0.05, 0) is 12.8 Å². The normalized spacial score (nSPS) is 14.0. The van der Waals surface area contributed by atoms with E-state index in [-0.39, 0.29) is 11.7 Å². The van der Waals surface area contributed by atoms with Crippen molar-refractivity contribution < 1.29 is 24.2 Å². The standard InChI is InChI=1S/C11H19NO5/c1-6(2)10(7(3)13)12-11(16)8(14)5-9(15)17-4/h6,8,10,14H,5H2,1-4H3,(H,12,16). The van der Waals surface area contributed by atoms with E-state index in [9.17, 15) is 19.5 Å². The van der Waals surface area contributed by atoms with E-state index < -0.39 is 30.4 Å². The van der Waals surface area contributed by atoms with E-state index in [1.807, 2.05) is 0 Å². The van der Waals surface area contributed by atoms with Crippen LogP contribution < -0.4 is 5.32 Å². The van der Waals surface area contributed by atoms with Crippen LogP contribution >= 0.6 is 0 Å². The number of rotatable bonds is 6. The molecule has 6 heteroatoms. The molecule has 0 heterocycles. The molecular formula is C11H19NO5. The second-order valence-electron chi connectivity index (χ2n) is 4.14. The zero-order chi connectivity index (χ0) is 13.6. The van der Waals surface area contributed by atoms with Crippen LogP contribution in [0.1, 0.15) is 27.2 Å². The van der Waals surface area contributed by atoms with Crippen LogP contribution in [0, 0.1) is 5.92 Å². The summed E-state index contributed by atoms with van der Waals surface area (Å²) in [5.74, 6) is -1.71. The number of esters is 1. The van der Waals surface area contributed by atoms with Crippen molar-refractivity contribution in [3.63, 3.8) is 0 Å². The molecule has 0 aliphatic rings. The Bertz CT molecular complexity index is 300. The Morgan fingerprint density at radius 3 is 2.18 bits per heavy atom. The van der Waals surface area contributed by atoms with Crippen LogP contribution in [0.4, 0.5) is 0 Å². The number of carbonyl (C=O) groups excluding carboxylic acids is 3. The summed E-state index contributed by atoms with van der Waals surface area (Å²) >= 11 is 0. The summed E-state index contributed by atoms with van der Waals surface area (Å²) in [5, 5.41) is 11.8. The van der Waals surface area contributed by atoms with Crippen molar-refractivity contribution in [2.75, 3.05) is 7.11 Å². The fourth-order valence-electron chi connectivity index (χ4n) is 1.32. The highest BCUT2D eigenvalue weighted by atomic mass is 16.5. The van der Waals surface area contributed by atoms with Crippen molar-refractivity contribution >= 4 is 17.7 Å². The first-order chi connectivity index (χ1) is 7.79. The Labute approximate surface area is 100 Å². The largest absolute Gasteiger partial charge is 0.469 e. The molecule has 17 heavy (non-hydrogen) atoms. The predicted molar refractivity (Wildman–Crippen MR) is 60.1 cm³/mol. The highest BCUT2D eigenvalue weighted by Crippen LogP contribution is 2.04. The minimum atomic E-state index is -1.50. The Morgan fingerprint density at radius 2 is 1.82 bits per heavy atom. The summed E-state index contributed by atoms with van der Waals surface area (Å²) in [7, 11) is 1.17. The molecule has 0 fully saturated rings.